The van der Waals surface area contributed by atoms with Crippen LogP contribution in [0, 0.1) is 0 Å². The van der Waals surface area contributed by atoms with Crippen LogP contribution in [0.5, 0.6) is 5.75 Å². The molecule has 3 amide bonds. The van der Waals surface area contributed by atoms with Crippen molar-refractivity contribution < 1.29 is 19.1 Å². The van der Waals surface area contributed by atoms with E-state index in [1.165, 1.54) is 11.1 Å². The Morgan fingerprint density at radius 3 is 2.48 bits per heavy atom. The van der Waals surface area contributed by atoms with Crippen LogP contribution in [0.15, 0.2) is 29.4 Å². The molecule has 1 fully saturated rings. The number of amides is 3. The second-order valence-corrected chi connectivity index (χ2v) is 5.02. The number of nitrogens with two attached hydrogens (primary N) is 1. The maximum atomic E-state index is 11.7. The van der Waals surface area contributed by atoms with E-state index in [0.717, 1.165) is 12.8 Å². The number of benzene rings is 1. The van der Waals surface area contributed by atoms with Crippen LogP contribution in [0.25, 0.3) is 0 Å². The van der Waals surface area contributed by atoms with Crippen molar-refractivity contribution in [2.24, 2.45) is 10.8 Å². The number of nitrogens with one attached hydrogen (secondary N) is 1. The summed E-state index contributed by atoms with van der Waals surface area (Å²) in [5, 5.41) is 3.75. The van der Waals surface area contributed by atoms with Crippen LogP contribution in [-0.2, 0) is 14.4 Å². The lowest BCUT2D eigenvalue weighted by Crippen LogP contribution is -2.39. The van der Waals surface area contributed by atoms with E-state index in [2.05, 4.69) is 10.5 Å². The van der Waals surface area contributed by atoms with Crippen LogP contribution in [0.4, 0.5) is 0 Å². The standard InChI is InChI=1S/C15H18N4O4/c16-13(20)10-23-12-5-3-11(4-6-12)9-17-18-14(21)15(22)19-7-1-2-8-19/h3-6,9H,1-2,7-8,10H2,(H2,16,20)(H,18,21)/b17-9+. The van der Waals surface area contributed by atoms with Crippen molar-refractivity contribution in [1.82, 2.24) is 10.3 Å². The van der Waals surface area contributed by atoms with E-state index in [-0.39, 0.29) is 6.61 Å². The smallest absolute Gasteiger partial charge is 0.329 e. The quantitative estimate of drug-likeness (QED) is 0.437. The molecule has 1 saturated heterocycles. The van der Waals surface area contributed by atoms with Crippen LogP contribution < -0.4 is 15.9 Å². The van der Waals surface area contributed by atoms with E-state index in [9.17, 15) is 14.4 Å². The number of likely N-dealkylation sites (tertiary alicyclic amines) is 1. The first-order valence-corrected chi connectivity index (χ1v) is 7.20. The highest BCUT2D eigenvalue weighted by atomic mass is 16.5. The number of carbonyl (C=O) groups excluding carboxylic acids is 3. The third-order valence-corrected chi connectivity index (χ3v) is 3.23. The van der Waals surface area contributed by atoms with Gasteiger partial charge in [0.25, 0.3) is 5.91 Å². The van der Waals surface area contributed by atoms with Gasteiger partial charge in [0.1, 0.15) is 5.75 Å². The number of primary amides is 1. The molecule has 1 aromatic rings. The second-order valence-electron chi connectivity index (χ2n) is 5.02. The van der Waals surface area contributed by atoms with Crippen LogP contribution in [0.3, 0.4) is 0 Å². The molecule has 1 aliphatic heterocycles. The average Bonchev–Trinajstić information content (AvgIpc) is 3.07. The number of hydrogen-bond acceptors (Lipinski definition) is 5. The molecule has 1 heterocycles. The van der Waals surface area contributed by atoms with Gasteiger partial charge in [0.15, 0.2) is 6.61 Å². The number of hydrazone groups is 1. The maximum Gasteiger partial charge on any atom is 0.329 e. The van der Waals surface area contributed by atoms with Crippen LogP contribution in [0.2, 0.25) is 0 Å². The van der Waals surface area contributed by atoms with Crippen molar-refractivity contribution in [3.63, 3.8) is 0 Å². The predicted molar refractivity (Wildman–Crippen MR) is 82.7 cm³/mol. The normalized spacial score (nSPS) is 14.0. The molecule has 0 unspecified atom stereocenters. The van der Waals surface area contributed by atoms with E-state index in [1.807, 2.05) is 0 Å². The monoisotopic (exact) mass is 318 g/mol. The molecule has 0 bridgehead atoms. The molecule has 1 aromatic carbocycles. The highest BCUT2D eigenvalue weighted by Crippen LogP contribution is 2.10. The Kier molecular flexibility index (Phi) is 5.67. The van der Waals surface area contributed by atoms with Gasteiger partial charge >= 0.3 is 11.8 Å². The molecule has 0 saturated carbocycles. The fourth-order valence-corrected chi connectivity index (χ4v) is 2.08. The van der Waals surface area contributed by atoms with Gasteiger partial charge in [-0.05, 0) is 42.7 Å². The molecular formula is C15H18N4O4. The Labute approximate surface area is 133 Å². The summed E-state index contributed by atoms with van der Waals surface area (Å²) >= 11 is 0. The van der Waals surface area contributed by atoms with Crippen molar-refractivity contribution in [2.75, 3.05) is 19.7 Å². The lowest BCUT2D eigenvalue weighted by molar-refractivity contribution is -0.145. The molecule has 3 N–H and O–H groups in total. The lowest BCUT2D eigenvalue weighted by atomic mass is 10.2. The van der Waals surface area contributed by atoms with Crippen molar-refractivity contribution in [2.45, 2.75) is 12.8 Å². The number of ether oxygens (including phenoxy) is 1. The molecule has 2 rings (SSSR count). The lowest BCUT2D eigenvalue weighted by Gasteiger charge is -2.12. The Morgan fingerprint density at radius 1 is 1.22 bits per heavy atom. The third kappa shape index (κ3) is 5.10. The molecule has 0 aromatic heterocycles. The minimum Gasteiger partial charge on any atom is -0.484 e. The number of carbonyl (C=O) groups is 3. The topological polar surface area (TPSA) is 114 Å². The summed E-state index contributed by atoms with van der Waals surface area (Å²) in [4.78, 5) is 35.5. The Hall–Kier alpha value is -2.90. The zero-order valence-electron chi connectivity index (χ0n) is 12.5. The first-order valence-electron chi connectivity index (χ1n) is 7.20. The van der Waals surface area contributed by atoms with Gasteiger partial charge in [-0.1, -0.05) is 0 Å². The molecule has 0 radical (unpaired) electrons. The molecule has 122 valence electrons. The summed E-state index contributed by atoms with van der Waals surface area (Å²) in [7, 11) is 0. The zero-order chi connectivity index (χ0) is 16.7. The Balaban J connectivity index is 1.81. The van der Waals surface area contributed by atoms with E-state index >= 15 is 0 Å². The van der Waals surface area contributed by atoms with Gasteiger partial charge in [0.2, 0.25) is 0 Å². The summed E-state index contributed by atoms with van der Waals surface area (Å²) in [6.07, 6.45) is 3.26. The molecular weight excluding hydrogens is 300 g/mol. The second kappa shape index (κ2) is 7.92. The van der Waals surface area contributed by atoms with Crippen molar-refractivity contribution in [1.29, 1.82) is 0 Å². The Bertz CT molecular complexity index is 606. The fraction of sp³-hybridized carbons (Fsp3) is 0.333. The van der Waals surface area contributed by atoms with Crippen LogP contribution in [-0.4, -0.2) is 48.5 Å². The largest absolute Gasteiger partial charge is 0.484 e. The number of hydrogen-bond donors (Lipinski definition) is 2. The van der Waals surface area contributed by atoms with Crippen LogP contribution >= 0.6 is 0 Å². The maximum absolute atomic E-state index is 11.7. The van der Waals surface area contributed by atoms with Gasteiger partial charge in [-0.2, -0.15) is 5.10 Å². The van der Waals surface area contributed by atoms with Crippen LogP contribution in [0.1, 0.15) is 18.4 Å². The number of rotatable bonds is 5. The van der Waals surface area contributed by atoms with E-state index < -0.39 is 17.7 Å². The summed E-state index contributed by atoms with van der Waals surface area (Å²) < 4.78 is 5.11. The van der Waals surface area contributed by atoms with E-state index in [4.69, 9.17) is 10.5 Å². The van der Waals surface area contributed by atoms with Gasteiger partial charge in [-0.15, -0.1) is 0 Å². The molecule has 0 atom stereocenters. The summed E-state index contributed by atoms with van der Waals surface area (Å²) in [6, 6.07) is 6.66. The van der Waals surface area contributed by atoms with Gasteiger partial charge in [0.05, 0.1) is 6.21 Å². The molecule has 23 heavy (non-hydrogen) atoms. The van der Waals surface area contributed by atoms with E-state index in [1.54, 1.807) is 24.3 Å². The van der Waals surface area contributed by atoms with Gasteiger partial charge < -0.3 is 15.4 Å². The van der Waals surface area contributed by atoms with Crippen molar-refractivity contribution in [3.05, 3.63) is 29.8 Å². The summed E-state index contributed by atoms with van der Waals surface area (Å²) in [6.45, 7) is 1.04. The van der Waals surface area contributed by atoms with Gasteiger partial charge in [-0.25, -0.2) is 5.43 Å². The molecule has 0 aliphatic carbocycles. The van der Waals surface area contributed by atoms with Crippen molar-refractivity contribution >= 4 is 23.9 Å². The van der Waals surface area contributed by atoms with Crippen molar-refractivity contribution in [3.8, 4) is 5.75 Å². The molecule has 8 heteroatoms. The first-order chi connectivity index (χ1) is 11.1. The summed E-state index contributed by atoms with van der Waals surface area (Å²) in [5.41, 5.74) is 7.89. The van der Waals surface area contributed by atoms with Gasteiger partial charge in [0, 0.05) is 13.1 Å². The van der Waals surface area contributed by atoms with Gasteiger partial charge in [-0.3, -0.25) is 14.4 Å². The SMILES string of the molecule is NC(=O)COc1ccc(/C=N/NC(=O)C(=O)N2CCCC2)cc1. The highest BCUT2D eigenvalue weighted by molar-refractivity contribution is 6.35. The molecule has 0 spiro atoms. The molecule has 8 nitrogen and oxygen atoms in total. The zero-order valence-corrected chi connectivity index (χ0v) is 12.5. The fourth-order valence-electron chi connectivity index (χ4n) is 2.08. The average molecular weight is 318 g/mol. The first kappa shape index (κ1) is 16.5. The number of nitrogens with zero attached hydrogens (tertiary/aromatic N) is 2. The minimum absolute atomic E-state index is 0.192. The predicted octanol–water partition coefficient (Wildman–Crippen LogP) is -0.377. The molecule has 1 aliphatic rings. The van der Waals surface area contributed by atoms with E-state index in [0.29, 0.717) is 24.4 Å². The minimum atomic E-state index is -0.746. The third-order valence-electron chi connectivity index (χ3n) is 3.23. The highest BCUT2D eigenvalue weighted by Gasteiger charge is 2.23. The Morgan fingerprint density at radius 2 is 1.87 bits per heavy atom. The summed E-state index contributed by atoms with van der Waals surface area (Å²) in [5.74, 6) is -1.37.